The minimum atomic E-state index is -0.153. The van der Waals surface area contributed by atoms with Crippen LogP contribution in [-0.4, -0.2) is 10.8 Å². The summed E-state index contributed by atoms with van der Waals surface area (Å²) in [6.07, 6.45) is 4.66. The number of aromatic nitrogens is 1. The van der Waals surface area contributed by atoms with E-state index < -0.39 is 0 Å². The van der Waals surface area contributed by atoms with Gasteiger partial charge >= 0.3 is 0 Å². The summed E-state index contributed by atoms with van der Waals surface area (Å²) in [7, 11) is 0. The second-order valence-corrected chi connectivity index (χ2v) is 5.67. The van der Waals surface area contributed by atoms with Crippen LogP contribution in [0.15, 0.2) is 36.5 Å². The van der Waals surface area contributed by atoms with Crippen molar-refractivity contribution >= 4 is 17.4 Å². The largest absolute Gasteiger partial charge is 0.293 e. The molecule has 2 nitrogen and oxygen atoms in total. The third kappa shape index (κ3) is 2.25. The van der Waals surface area contributed by atoms with Crippen molar-refractivity contribution in [2.75, 3.05) is 0 Å². The molecule has 2 aromatic rings. The zero-order valence-electron chi connectivity index (χ0n) is 11.4. The average molecular weight is 286 g/mol. The Morgan fingerprint density at radius 2 is 2.15 bits per heavy atom. The molecule has 1 atom stereocenters. The van der Waals surface area contributed by atoms with Crippen molar-refractivity contribution in [3.8, 4) is 0 Å². The van der Waals surface area contributed by atoms with Gasteiger partial charge in [0.1, 0.15) is 0 Å². The molecule has 0 N–H and O–H groups in total. The Hall–Kier alpha value is -1.67. The predicted octanol–water partition coefficient (Wildman–Crippen LogP) is 4.35. The van der Waals surface area contributed by atoms with Crippen LogP contribution in [0.2, 0.25) is 5.02 Å². The molecule has 102 valence electrons. The molecule has 3 heteroatoms. The van der Waals surface area contributed by atoms with E-state index in [0.29, 0.717) is 10.6 Å². The molecule has 1 aliphatic rings. The fraction of sp³-hybridized carbons (Fsp3) is 0.294. The third-order valence-corrected chi connectivity index (χ3v) is 4.47. The number of carbonyl (C=O) groups excluding carboxylic acids is 1. The van der Waals surface area contributed by atoms with Crippen molar-refractivity contribution in [3.05, 3.63) is 63.9 Å². The lowest BCUT2D eigenvalue weighted by Gasteiger charge is -2.23. The Kier molecular flexibility index (Phi) is 3.58. The lowest BCUT2D eigenvalue weighted by Crippen LogP contribution is -2.20. The van der Waals surface area contributed by atoms with E-state index >= 15 is 0 Å². The molecule has 0 bridgehead atoms. The number of Topliss-reactive ketones (excluding diaryl/α,β-unsaturated/α-hetero) is 1. The molecular weight excluding hydrogens is 270 g/mol. The molecule has 1 unspecified atom stereocenters. The molecule has 3 rings (SSSR count). The highest BCUT2D eigenvalue weighted by Gasteiger charge is 2.29. The van der Waals surface area contributed by atoms with Gasteiger partial charge in [0, 0.05) is 11.8 Å². The fourth-order valence-electron chi connectivity index (χ4n) is 2.89. The van der Waals surface area contributed by atoms with E-state index in [1.165, 1.54) is 5.56 Å². The standard InChI is InChI=1S/C17H16ClNO/c1-11-5-2-8-13(15(11)18)17(20)14-9-3-6-12-7-4-10-19-16(12)14/h2,4-5,7-8,10,14H,3,6,9H2,1H3. The maximum absolute atomic E-state index is 12.8. The van der Waals surface area contributed by atoms with Gasteiger partial charge in [-0.15, -0.1) is 0 Å². The lowest BCUT2D eigenvalue weighted by atomic mass is 9.82. The van der Waals surface area contributed by atoms with E-state index in [4.69, 9.17) is 11.6 Å². The Balaban J connectivity index is 2.02. The van der Waals surface area contributed by atoms with Crippen LogP contribution in [0.1, 0.15) is 45.9 Å². The highest BCUT2D eigenvalue weighted by atomic mass is 35.5. The van der Waals surface area contributed by atoms with Gasteiger partial charge in [0.2, 0.25) is 0 Å². The van der Waals surface area contributed by atoms with Crippen LogP contribution in [0, 0.1) is 6.92 Å². The van der Waals surface area contributed by atoms with Crippen LogP contribution in [0.4, 0.5) is 0 Å². The second kappa shape index (κ2) is 5.37. The maximum atomic E-state index is 12.8. The Morgan fingerprint density at radius 1 is 1.30 bits per heavy atom. The van der Waals surface area contributed by atoms with Gasteiger partial charge in [-0.1, -0.05) is 29.8 Å². The van der Waals surface area contributed by atoms with Crippen LogP contribution in [0.25, 0.3) is 0 Å². The lowest BCUT2D eigenvalue weighted by molar-refractivity contribution is 0.0949. The molecule has 0 aliphatic heterocycles. The van der Waals surface area contributed by atoms with Gasteiger partial charge < -0.3 is 0 Å². The Labute approximate surface area is 123 Å². The van der Waals surface area contributed by atoms with Gasteiger partial charge in [0.05, 0.1) is 16.6 Å². The topological polar surface area (TPSA) is 30.0 Å². The average Bonchev–Trinajstić information content (AvgIpc) is 2.49. The van der Waals surface area contributed by atoms with Crippen LogP contribution in [0.3, 0.4) is 0 Å². The minimum absolute atomic E-state index is 0.0957. The first-order chi connectivity index (χ1) is 9.68. The number of ketones is 1. The Morgan fingerprint density at radius 3 is 3.00 bits per heavy atom. The smallest absolute Gasteiger partial charge is 0.173 e. The molecule has 1 aromatic heterocycles. The maximum Gasteiger partial charge on any atom is 0.173 e. The van der Waals surface area contributed by atoms with Gasteiger partial charge in [-0.2, -0.15) is 0 Å². The van der Waals surface area contributed by atoms with E-state index in [9.17, 15) is 4.79 Å². The summed E-state index contributed by atoms with van der Waals surface area (Å²) in [5.41, 5.74) is 3.69. The summed E-state index contributed by atoms with van der Waals surface area (Å²) in [5.74, 6) is -0.0578. The molecule has 0 saturated heterocycles. The quantitative estimate of drug-likeness (QED) is 0.768. The van der Waals surface area contributed by atoms with Gasteiger partial charge in [0.25, 0.3) is 0 Å². The number of halogens is 1. The number of benzene rings is 1. The van der Waals surface area contributed by atoms with Crippen molar-refractivity contribution < 1.29 is 4.79 Å². The monoisotopic (exact) mass is 285 g/mol. The normalized spacial score (nSPS) is 17.6. The van der Waals surface area contributed by atoms with E-state index in [1.807, 2.05) is 31.2 Å². The number of carbonyl (C=O) groups is 1. The predicted molar refractivity (Wildman–Crippen MR) is 80.4 cm³/mol. The highest BCUT2D eigenvalue weighted by molar-refractivity contribution is 6.35. The Bertz CT molecular complexity index is 666. The first kappa shape index (κ1) is 13.3. The summed E-state index contributed by atoms with van der Waals surface area (Å²) in [4.78, 5) is 17.2. The molecule has 20 heavy (non-hydrogen) atoms. The summed E-state index contributed by atoms with van der Waals surface area (Å²) < 4.78 is 0. The van der Waals surface area contributed by atoms with Crippen molar-refractivity contribution in [1.29, 1.82) is 0 Å². The molecule has 0 spiro atoms. The van der Waals surface area contributed by atoms with Gasteiger partial charge in [-0.05, 0) is 49.4 Å². The number of aryl methyl sites for hydroxylation is 2. The first-order valence-electron chi connectivity index (χ1n) is 6.91. The van der Waals surface area contributed by atoms with E-state index in [1.54, 1.807) is 6.20 Å². The first-order valence-corrected chi connectivity index (χ1v) is 7.29. The third-order valence-electron chi connectivity index (χ3n) is 3.97. The van der Waals surface area contributed by atoms with Crippen LogP contribution in [0.5, 0.6) is 0 Å². The highest BCUT2D eigenvalue weighted by Crippen LogP contribution is 2.34. The zero-order valence-corrected chi connectivity index (χ0v) is 12.2. The molecular formula is C17H16ClNO. The molecule has 0 amide bonds. The van der Waals surface area contributed by atoms with Gasteiger partial charge in [-0.25, -0.2) is 0 Å². The summed E-state index contributed by atoms with van der Waals surface area (Å²) in [6, 6.07) is 9.63. The molecule has 1 heterocycles. The molecule has 0 radical (unpaired) electrons. The van der Waals surface area contributed by atoms with Crippen molar-refractivity contribution in [2.45, 2.75) is 32.1 Å². The number of fused-ring (bicyclic) bond motifs is 1. The minimum Gasteiger partial charge on any atom is -0.293 e. The van der Waals surface area contributed by atoms with E-state index in [2.05, 4.69) is 11.1 Å². The number of hydrogen-bond acceptors (Lipinski definition) is 2. The van der Waals surface area contributed by atoms with Gasteiger partial charge in [0.15, 0.2) is 5.78 Å². The van der Waals surface area contributed by atoms with Gasteiger partial charge in [-0.3, -0.25) is 9.78 Å². The number of pyridine rings is 1. The van der Waals surface area contributed by atoms with Crippen LogP contribution >= 0.6 is 11.6 Å². The number of rotatable bonds is 2. The summed E-state index contributed by atoms with van der Waals surface area (Å²) >= 11 is 6.29. The summed E-state index contributed by atoms with van der Waals surface area (Å²) in [5, 5.41) is 0.570. The molecule has 0 fully saturated rings. The molecule has 1 aliphatic carbocycles. The number of nitrogens with zero attached hydrogens (tertiary/aromatic N) is 1. The SMILES string of the molecule is Cc1cccc(C(=O)C2CCCc3cccnc32)c1Cl. The fourth-order valence-corrected chi connectivity index (χ4v) is 3.11. The van der Waals surface area contributed by atoms with Crippen molar-refractivity contribution in [3.63, 3.8) is 0 Å². The summed E-state index contributed by atoms with van der Waals surface area (Å²) in [6.45, 7) is 1.92. The van der Waals surface area contributed by atoms with E-state index in [-0.39, 0.29) is 11.7 Å². The van der Waals surface area contributed by atoms with Crippen molar-refractivity contribution in [2.24, 2.45) is 0 Å². The zero-order chi connectivity index (χ0) is 14.1. The van der Waals surface area contributed by atoms with Crippen molar-refractivity contribution in [1.82, 2.24) is 4.98 Å². The van der Waals surface area contributed by atoms with Crippen LogP contribution in [-0.2, 0) is 6.42 Å². The molecule has 0 saturated carbocycles. The van der Waals surface area contributed by atoms with E-state index in [0.717, 1.165) is 30.5 Å². The second-order valence-electron chi connectivity index (χ2n) is 5.29. The molecule has 1 aromatic carbocycles. The van der Waals surface area contributed by atoms with Crippen LogP contribution < -0.4 is 0 Å². The number of hydrogen-bond donors (Lipinski definition) is 0.